The maximum Gasteiger partial charge on any atom is 0.335 e. The van der Waals surface area contributed by atoms with Crippen LogP contribution in [0.1, 0.15) is 21.5 Å². The van der Waals surface area contributed by atoms with Crippen molar-refractivity contribution in [1.29, 1.82) is 0 Å². The van der Waals surface area contributed by atoms with E-state index in [4.69, 9.17) is 5.11 Å². The number of halogens is 1. The van der Waals surface area contributed by atoms with Gasteiger partial charge in [0.2, 0.25) is 0 Å². The summed E-state index contributed by atoms with van der Waals surface area (Å²) in [7, 11) is 0. The Morgan fingerprint density at radius 3 is 2.42 bits per heavy atom. The summed E-state index contributed by atoms with van der Waals surface area (Å²) in [6.45, 7) is 3.92. The maximum atomic E-state index is 10.9. The molecule has 0 unspecified atom stereocenters. The number of aryl methyl sites for hydroxylation is 2. The van der Waals surface area contributed by atoms with Crippen molar-refractivity contribution in [2.45, 2.75) is 13.8 Å². The van der Waals surface area contributed by atoms with Crippen LogP contribution >= 0.6 is 15.9 Å². The quantitative estimate of drug-likeness (QED) is 0.875. The van der Waals surface area contributed by atoms with Gasteiger partial charge in [-0.1, -0.05) is 22.0 Å². The molecule has 0 amide bonds. The molecule has 0 bridgehead atoms. The van der Waals surface area contributed by atoms with Crippen LogP contribution in [0.4, 0.5) is 11.4 Å². The number of carboxylic acid groups (broad SMARTS) is 1. The van der Waals surface area contributed by atoms with Crippen LogP contribution in [0.2, 0.25) is 0 Å². The van der Waals surface area contributed by atoms with E-state index in [9.17, 15) is 4.79 Å². The summed E-state index contributed by atoms with van der Waals surface area (Å²) < 4.78 is 1.04. The Kier molecular flexibility index (Phi) is 3.90. The minimum atomic E-state index is -0.910. The van der Waals surface area contributed by atoms with Crippen molar-refractivity contribution < 1.29 is 9.90 Å². The standard InChI is InChI=1S/C15H14BrNO2/c1-9-3-5-12(8-13(9)16)17-14-6-4-11(15(18)19)7-10(14)2/h3-8,17H,1-2H3,(H,18,19). The first-order valence-electron chi connectivity index (χ1n) is 5.84. The maximum absolute atomic E-state index is 10.9. The number of carboxylic acids is 1. The largest absolute Gasteiger partial charge is 0.478 e. The van der Waals surface area contributed by atoms with E-state index in [1.54, 1.807) is 18.2 Å². The second-order valence-corrected chi connectivity index (χ2v) is 5.28. The highest BCUT2D eigenvalue weighted by atomic mass is 79.9. The van der Waals surface area contributed by atoms with Crippen LogP contribution < -0.4 is 5.32 Å². The lowest BCUT2D eigenvalue weighted by Crippen LogP contribution is -1.99. The Hall–Kier alpha value is -1.81. The monoisotopic (exact) mass is 319 g/mol. The van der Waals surface area contributed by atoms with Crippen molar-refractivity contribution in [1.82, 2.24) is 0 Å². The van der Waals surface area contributed by atoms with E-state index in [2.05, 4.69) is 21.2 Å². The predicted octanol–water partition coefficient (Wildman–Crippen LogP) is 4.51. The van der Waals surface area contributed by atoms with E-state index in [1.165, 1.54) is 5.56 Å². The van der Waals surface area contributed by atoms with Crippen LogP contribution in [0.5, 0.6) is 0 Å². The molecule has 0 saturated carbocycles. The summed E-state index contributed by atoms with van der Waals surface area (Å²) in [6.07, 6.45) is 0. The molecule has 0 aliphatic rings. The third kappa shape index (κ3) is 3.15. The molecule has 3 nitrogen and oxygen atoms in total. The fourth-order valence-electron chi connectivity index (χ4n) is 1.76. The van der Waals surface area contributed by atoms with E-state index in [1.807, 2.05) is 32.0 Å². The molecule has 0 fully saturated rings. The molecule has 0 aromatic heterocycles. The van der Waals surface area contributed by atoms with Gasteiger partial charge in [0.1, 0.15) is 0 Å². The number of anilines is 2. The molecule has 0 aliphatic carbocycles. The zero-order valence-electron chi connectivity index (χ0n) is 10.7. The molecule has 0 heterocycles. The highest BCUT2D eigenvalue weighted by molar-refractivity contribution is 9.10. The van der Waals surface area contributed by atoms with Crippen molar-refractivity contribution in [2.24, 2.45) is 0 Å². The molecule has 19 heavy (non-hydrogen) atoms. The van der Waals surface area contributed by atoms with Crippen molar-refractivity contribution >= 4 is 33.3 Å². The molecule has 0 radical (unpaired) electrons. The van der Waals surface area contributed by atoms with Crippen molar-refractivity contribution in [3.8, 4) is 0 Å². The lowest BCUT2D eigenvalue weighted by atomic mass is 10.1. The Morgan fingerprint density at radius 2 is 1.84 bits per heavy atom. The van der Waals surface area contributed by atoms with Crippen molar-refractivity contribution in [2.75, 3.05) is 5.32 Å². The van der Waals surface area contributed by atoms with Gasteiger partial charge in [-0.05, 0) is 55.3 Å². The lowest BCUT2D eigenvalue weighted by molar-refractivity contribution is 0.0697. The van der Waals surface area contributed by atoms with Crippen molar-refractivity contribution in [3.63, 3.8) is 0 Å². The number of carbonyl (C=O) groups is 1. The van der Waals surface area contributed by atoms with Gasteiger partial charge in [0.15, 0.2) is 0 Å². The number of hydrogen-bond donors (Lipinski definition) is 2. The smallest absolute Gasteiger partial charge is 0.335 e. The average Bonchev–Trinajstić information content (AvgIpc) is 2.36. The van der Waals surface area contributed by atoms with Crippen LogP contribution in [-0.2, 0) is 0 Å². The van der Waals surface area contributed by atoms with Gasteiger partial charge in [0.25, 0.3) is 0 Å². The lowest BCUT2D eigenvalue weighted by Gasteiger charge is -2.11. The normalized spacial score (nSPS) is 10.3. The summed E-state index contributed by atoms with van der Waals surface area (Å²) in [5.74, 6) is -0.910. The molecule has 0 aliphatic heterocycles. The third-order valence-corrected chi connectivity index (χ3v) is 3.78. The molecule has 4 heteroatoms. The fraction of sp³-hybridized carbons (Fsp3) is 0.133. The highest BCUT2D eigenvalue weighted by Gasteiger charge is 2.06. The fourth-order valence-corrected chi connectivity index (χ4v) is 2.14. The zero-order chi connectivity index (χ0) is 14.0. The average molecular weight is 320 g/mol. The van der Waals surface area contributed by atoms with Gasteiger partial charge >= 0.3 is 5.97 Å². The minimum Gasteiger partial charge on any atom is -0.478 e. The Labute approximate surface area is 120 Å². The summed E-state index contributed by atoms with van der Waals surface area (Å²) in [4.78, 5) is 10.9. The Morgan fingerprint density at radius 1 is 1.11 bits per heavy atom. The summed E-state index contributed by atoms with van der Waals surface area (Å²) in [6, 6.07) is 11.1. The number of hydrogen-bond acceptors (Lipinski definition) is 2. The molecular formula is C15H14BrNO2. The van der Waals surface area contributed by atoms with E-state index in [0.717, 1.165) is 21.4 Å². The van der Waals surface area contributed by atoms with Gasteiger partial charge < -0.3 is 10.4 Å². The van der Waals surface area contributed by atoms with Gasteiger partial charge in [-0.15, -0.1) is 0 Å². The summed E-state index contributed by atoms with van der Waals surface area (Å²) >= 11 is 3.49. The molecular weight excluding hydrogens is 306 g/mol. The van der Waals surface area contributed by atoms with E-state index < -0.39 is 5.97 Å². The second-order valence-electron chi connectivity index (χ2n) is 4.42. The molecule has 2 N–H and O–H groups in total. The molecule has 2 aromatic carbocycles. The third-order valence-electron chi connectivity index (χ3n) is 2.92. The van der Waals surface area contributed by atoms with Crippen LogP contribution in [-0.4, -0.2) is 11.1 Å². The van der Waals surface area contributed by atoms with Crippen LogP contribution in [0.25, 0.3) is 0 Å². The highest BCUT2D eigenvalue weighted by Crippen LogP contribution is 2.25. The molecule has 2 rings (SSSR count). The van der Waals surface area contributed by atoms with E-state index >= 15 is 0 Å². The second kappa shape index (κ2) is 5.45. The number of benzene rings is 2. The summed E-state index contributed by atoms with van der Waals surface area (Å²) in [5.41, 5.74) is 4.23. The van der Waals surface area contributed by atoms with Crippen LogP contribution in [0, 0.1) is 13.8 Å². The predicted molar refractivity (Wildman–Crippen MR) is 80.3 cm³/mol. The van der Waals surface area contributed by atoms with E-state index in [-0.39, 0.29) is 0 Å². The van der Waals surface area contributed by atoms with Crippen LogP contribution in [0.15, 0.2) is 40.9 Å². The van der Waals surface area contributed by atoms with Gasteiger partial charge in [-0.2, -0.15) is 0 Å². The number of rotatable bonds is 3. The van der Waals surface area contributed by atoms with Gasteiger partial charge in [-0.3, -0.25) is 0 Å². The van der Waals surface area contributed by atoms with Gasteiger partial charge in [0.05, 0.1) is 5.56 Å². The van der Waals surface area contributed by atoms with E-state index in [0.29, 0.717) is 5.56 Å². The molecule has 2 aromatic rings. The number of nitrogens with one attached hydrogen (secondary N) is 1. The molecule has 98 valence electrons. The Bertz CT molecular complexity index is 638. The molecule has 0 atom stereocenters. The number of aromatic carboxylic acids is 1. The van der Waals surface area contributed by atoms with Gasteiger partial charge in [-0.25, -0.2) is 4.79 Å². The minimum absolute atomic E-state index is 0.299. The first-order chi connectivity index (χ1) is 8.97. The molecule has 0 saturated heterocycles. The topological polar surface area (TPSA) is 49.3 Å². The summed E-state index contributed by atoms with van der Waals surface area (Å²) in [5, 5.41) is 12.2. The first kappa shape index (κ1) is 13.6. The van der Waals surface area contributed by atoms with Crippen LogP contribution in [0.3, 0.4) is 0 Å². The van der Waals surface area contributed by atoms with Crippen molar-refractivity contribution in [3.05, 3.63) is 57.6 Å². The molecule has 0 spiro atoms. The Balaban J connectivity index is 2.28. The van der Waals surface area contributed by atoms with Gasteiger partial charge in [0, 0.05) is 15.8 Å². The first-order valence-corrected chi connectivity index (χ1v) is 6.64. The zero-order valence-corrected chi connectivity index (χ0v) is 12.3. The SMILES string of the molecule is Cc1ccc(Nc2ccc(C(=O)O)cc2C)cc1Br.